The second-order valence-corrected chi connectivity index (χ2v) is 9.25. The van der Waals surface area contributed by atoms with Gasteiger partial charge in [0.25, 0.3) is 11.8 Å². The largest absolute Gasteiger partial charge is 0.507 e. The van der Waals surface area contributed by atoms with E-state index in [1.165, 1.54) is 6.07 Å². The van der Waals surface area contributed by atoms with Crippen LogP contribution in [0.5, 0.6) is 5.75 Å². The van der Waals surface area contributed by atoms with Gasteiger partial charge in [-0.2, -0.15) is 0 Å². The molecule has 2 aliphatic rings. The highest BCUT2D eigenvalue weighted by Gasteiger charge is 2.34. The second-order valence-electron chi connectivity index (χ2n) is 9.25. The minimum atomic E-state index is -0.233. The first-order valence-electron chi connectivity index (χ1n) is 12.2. The van der Waals surface area contributed by atoms with Crippen LogP contribution in [0.2, 0.25) is 0 Å². The average Bonchev–Trinajstić information content (AvgIpc) is 2.92. The van der Waals surface area contributed by atoms with Crippen molar-refractivity contribution in [2.24, 2.45) is 5.92 Å². The number of amides is 3. The van der Waals surface area contributed by atoms with E-state index in [4.69, 9.17) is 0 Å². The number of likely N-dealkylation sites (tertiary alicyclic amines) is 1. The number of fused-ring (bicyclic) bond motifs is 1. The van der Waals surface area contributed by atoms with E-state index in [2.05, 4.69) is 0 Å². The fourth-order valence-electron chi connectivity index (χ4n) is 5.16. The van der Waals surface area contributed by atoms with E-state index in [9.17, 15) is 19.5 Å². The molecule has 7 nitrogen and oxygen atoms in total. The zero-order valence-electron chi connectivity index (χ0n) is 19.6. The van der Waals surface area contributed by atoms with Gasteiger partial charge in [0.2, 0.25) is 5.91 Å². The Labute approximate surface area is 204 Å². The monoisotopic (exact) mass is 471 g/mol. The van der Waals surface area contributed by atoms with Crippen LogP contribution in [0.1, 0.15) is 33.6 Å². The minimum Gasteiger partial charge on any atom is -0.507 e. The van der Waals surface area contributed by atoms with E-state index in [0.29, 0.717) is 44.8 Å². The summed E-state index contributed by atoms with van der Waals surface area (Å²) >= 11 is 0. The summed E-state index contributed by atoms with van der Waals surface area (Å²) in [4.78, 5) is 44.8. The molecule has 0 aliphatic carbocycles. The number of aromatic hydroxyl groups is 1. The van der Waals surface area contributed by atoms with Crippen molar-refractivity contribution in [1.29, 1.82) is 0 Å². The molecule has 3 aromatic rings. The molecule has 35 heavy (non-hydrogen) atoms. The zero-order chi connectivity index (χ0) is 24.4. The number of carbonyl (C=O) groups is 3. The van der Waals surface area contributed by atoms with Crippen LogP contribution in [-0.2, 0) is 4.79 Å². The summed E-state index contributed by atoms with van der Waals surface area (Å²) in [6.45, 7) is 2.80. The van der Waals surface area contributed by atoms with E-state index in [-0.39, 0.29) is 35.0 Å². The Balaban J connectivity index is 1.22. The van der Waals surface area contributed by atoms with Gasteiger partial charge in [-0.15, -0.1) is 0 Å². The van der Waals surface area contributed by atoms with Gasteiger partial charge < -0.3 is 19.8 Å². The van der Waals surface area contributed by atoms with Gasteiger partial charge in [-0.1, -0.05) is 48.5 Å². The molecule has 5 rings (SSSR count). The second kappa shape index (κ2) is 9.78. The number of benzene rings is 3. The molecular formula is C28H29N3O4. The van der Waals surface area contributed by atoms with Gasteiger partial charge in [0, 0.05) is 44.8 Å². The Morgan fingerprint density at radius 1 is 0.686 bits per heavy atom. The van der Waals surface area contributed by atoms with E-state index < -0.39 is 0 Å². The van der Waals surface area contributed by atoms with Gasteiger partial charge in [-0.3, -0.25) is 14.4 Å². The lowest BCUT2D eigenvalue weighted by Gasteiger charge is -2.39. The molecule has 2 heterocycles. The quantitative estimate of drug-likeness (QED) is 0.635. The first kappa shape index (κ1) is 22.9. The van der Waals surface area contributed by atoms with Crippen LogP contribution in [0.25, 0.3) is 10.8 Å². The SMILES string of the molecule is O=C(c1ccccc1O)N1CCN(C(=O)C2CCCN(C(=O)c3cccc4ccccc34)C2)CC1. The highest BCUT2D eigenvalue weighted by molar-refractivity contribution is 6.07. The maximum atomic E-state index is 13.4. The molecule has 1 atom stereocenters. The maximum Gasteiger partial charge on any atom is 0.257 e. The molecule has 180 valence electrons. The summed E-state index contributed by atoms with van der Waals surface area (Å²) < 4.78 is 0. The van der Waals surface area contributed by atoms with Gasteiger partial charge in [0.05, 0.1) is 11.5 Å². The molecular weight excluding hydrogens is 442 g/mol. The van der Waals surface area contributed by atoms with Crippen molar-refractivity contribution in [2.75, 3.05) is 39.3 Å². The third-order valence-corrected chi connectivity index (χ3v) is 7.09. The van der Waals surface area contributed by atoms with Gasteiger partial charge in [-0.05, 0) is 41.8 Å². The zero-order valence-corrected chi connectivity index (χ0v) is 19.6. The molecule has 0 aromatic heterocycles. The van der Waals surface area contributed by atoms with E-state index in [1.807, 2.05) is 52.3 Å². The van der Waals surface area contributed by atoms with Gasteiger partial charge in [0.1, 0.15) is 5.75 Å². The van der Waals surface area contributed by atoms with Gasteiger partial charge >= 0.3 is 0 Å². The number of rotatable bonds is 3. The number of piperazine rings is 1. The molecule has 0 radical (unpaired) electrons. The fraction of sp³-hybridized carbons (Fsp3) is 0.321. The molecule has 3 aromatic carbocycles. The summed E-state index contributed by atoms with van der Waals surface area (Å²) in [5, 5.41) is 11.9. The van der Waals surface area contributed by atoms with Crippen LogP contribution in [0.3, 0.4) is 0 Å². The van der Waals surface area contributed by atoms with Crippen molar-refractivity contribution in [1.82, 2.24) is 14.7 Å². The smallest absolute Gasteiger partial charge is 0.257 e. The van der Waals surface area contributed by atoms with Crippen LogP contribution in [0.15, 0.2) is 66.7 Å². The lowest BCUT2D eigenvalue weighted by atomic mass is 9.95. The van der Waals surface area contributed by atoms with Crippen molar-refractivity contribution >= 4 is 28.5 Å². The first-order chi connectivity index (χ1) is 17.0. The molecule has 2 aliphatic heterocycles. The standard InChI is InChI=1S/C28H29N3O4/c32-25-13-4-3-11-24(25)28(35)30-17-15-29(16-18-30)26(33)21-9-6-14-31(19-21)27(34)23-12-5-8-20-7-1-2-10-22(20)23/h1-5,7-8,10-13,21,32H,6,9,14-19H2. The number of phenolic OH excluding ortho intramolecular Hbond substituents is 1. The molecule has 1 N–H and O–H groups in total. The molecule has 0 bridgehead atoms. The van der Waals surface area contributed by atoms with Crippen molar-refractivity contribution < 1.29 is 19.5 Å². The summed E-state index contributed by atoms with van der Waals surface area (Å²) in [5.41, 5.74) is 0.953. The molecule has 2 fully saturated rings. The van der Waals surface area contributed by atoms with Gasteiger partial charge in [-0.25, -0.2) is 0 Å². The van der Waals surface area contributed by atoms with Crippen LogP contribution in [0, 0.1) is 5.92 Å². The lowest BCUT2D eigenvalue weighted by molar-refractivity contribution is -0.138. The summed E-state index contributed by atoms with van der Waals surface area (Å²) in [7, 11) is 0. The van der Waals surface area contributed by atoms with Crippen LogP contribution >= 0.6 is 0 Å². The van der Waals surface area contributed by atoms with E-state index >= 15 is 0 Å². The number of phenols is 1. The van der Waals surface area contributed by atoms with Crippen LogP contribution in [0.4, 0.5) is 0 Å². The predicted molar refractivity (Wildman–Crippen MR) is 133 cm³/mol. The molecule has 7 heteroatoms. The Bertz CT molecular complexity index is 1260. The predicted octanol–water partition coefficient (Wildman–Crippen LogP) is 3.38. The third-order valence-electron chi connectivity index (χ3n) is 7.09. The molecule has 3 amide bonds. The average molecular weight is 472 g/mol. The molecule has 1 unspecified atom stereocenters. The van der Waals surface area contributed by atoms with E-state index in [1.54, 1.807) is 23.1 Å². The first-order valence-corrected chi connectivity index (χ1v) is 12.2. The van der Waals surface area contributed by atoms with E-state index in [0.717, 1.165) is 23.6 Å². The number of carbonyl (C=O) groups excluding carboxylic acids is 3. The minimum absolute atomic E-state index is 0.0302. The highest BCUT2D eigenvalue weighted by atomic mass is 16.3. The topological polar surface area (TPSA) is 81.2 Å². The van der Waals surface area contributed by atoms with Gasteiger partial charge in [0.15, 0.2) is 0 Å². The van der Waals surface area contributed by atoms with Crippen LogP contribution < -0.4 is 0 Å². The number of nitrogens with zero attached hydrogens (tertiary/aromatic N) is 3. The van der Waals surface area contributed by atoms with Crippen molar-refractivity contribution in [2.45, 2.75) is 12.8 Å². The maximum absolute atomic E-state index is 13.4. The van der Waals surface area contributed by atoms with Crippen molar-refractivity contribution in [3.63, 3.8) is 0 Å². The number of piperidine rings is 1. The Kier molecular flexibility index (Phi) is 6.40. The molecule has 0 saturated carbocycles. The third kappa shape index (κ3) is 4.58. The molecule has 0 spiro atoms. The highest BCUT2D eigenvalue weighted by Crippen LogP contribution is 2.25. The summed E-state index contributed by atoms with van der Waals surface area (Å²) in [5.74, 6) is -0.468. The van der Waals surface area contributed by atoms with Crippen molar-refractivity contribution in [3.8, 4) is 5.75 Å². The Hall–Kier alpha value is -3.87. The number of para-hydroxylation sites is 1. The van der Waals surface area contributed by atoms with Crippen molar-refractivity contribution in [3.05, 3.63) is 77.9 Å². The normalized spacial score (nSPS) is 18.5. The Morgan fingerprint density at radius 2 is 1.31 bits per heavy atom. The fourth-order valence-corrected chi connectivity index (χ4v) is 5.16. The van der Waals surface area contributed by atoms with Crippen LogP contribution in [-0.4, -0.2) is 76.8 Å². The Morgan fingerprint density at radius 3 is 2.11 bits per heavy atom. The molecule has 2 saturated heterocycles. The number of hydrogen-bond donors (Lipinski definition) is 1. The summed E-state index contributed by atoms with van der Waals surface area (Å²) in [6.07, 6.45) is 1.55. The number of hydrogen-bond acceptors (Lipinski definition) is 4. The lowest BCUT2D eigenvalue weighted by Crippen LogP contribution is -2.54. The summed E-state index contributed by atoms with van der Waals surface area (Å²) in [6, 6.07) is 20.1.